The van der Waals surface area contributed by atoms with Gasteiger partial charge in [-0.25, -0.2) is 8.78 Å². The molecule has 5 nitrogen and oxygen atoms in total. The van der Waals surface area contributed by atoms with E-state index in [-0.39, 0.29) is 11.9 Å². The Morgan fingerprint density at radius 2 is 2.11 bits per heavy atom. The third-order valence-electron chi connectivity index (χ3n) is 5.13. The minimum absolute atomic E-state index is 0.0109. The van der Waals surface area contributed by atoms with E-state index in [2.05, 4.69) is 10.2 Å². The van der Waals surface area contributed by atoms with Crippen molar-refractivity contribution in [3.8, 4) is 0 Å². The molecule has 2 N–H and O–H groups in total. The summed E-state index contributed by atoms with van der Waals surface area (Å²) in [5, 5.41) is 13.7. The van der Waals surface area contributed by atoms with Gasteiger partial charge in [-0.2, -0.15) is 0 Å². The summed E-state index contributed by atoms with van der Waals surface area (Å²) in [6, 6.07) is 5.80. The van der Waals surface area contributed by atoms with Crippen molar-refractivity contribution in [2.24, 2.45) is 4.99 Å². The molecule has 0 saturated carbocycles. The molecule has 1 saturated heterocycles. The minimum Gasteiger partial charge on any atom is -0.354 e. The van der Waals surface area contributed by atoms with Gasteiger partial charge in [-0.15, -0.1) is 0 Å². The average Bonchev–Trinajstić information content (AvgIpc) is 3.29. The van der Waals surface area contributed by atoms with E-state index in [1.165, 1.54) is 19.1 Å². The molecule has 3 rings (SSSR count). The smallest absolute Gasteiger partial charge is 0.207 e. The fourth-order valence-electron chi connectivity index (χ4n) is 3.55. The molecular formula is C28H37ClF2N4OS. The fourth-order valence-corrected chi connectivity index (χ4v) is 4.43. The first-order valence-corrected chi connectivity index (χ1v) is 13.5. The van der Waals surface area contributed by atoms with Crippen LogP contribution in [0.4, 0.5) is 8.78 Å². The lowest BCUT2D eigenvalue weighted by atomic mass is 10.0. The maximum atomic E-state index is 13.0. The highest BCUT2D eigenvalue weighted by Gasteiger charge is 2.35. The number of carbonyl (C=O) groups is 1. The van der Waals surface area contributed by atoms with E-state index in [1.54, 1.807) is 36.0 Å². The van der Waals surface area contributed by atoms with Crippen LogP contribution >= 0.6 is 23.4 Å². The topological polar surface area (TPSA) is 68.5 Å². The van der Waals surface area contributed by atoms with Gasteiger partial charge in [0.05, 0.1) is 18.3 Å². The molecule has 0 radical (unpaired) electrons. The Balaban J connectivity index is 0.000000574. The summed E-state index contributed by atoms with van der Waals surface area (Å²) < 4.78 is 25.1. The van der Waals surface area contributed by atoms with Gasteiger partial charge in [-0.3, -0.25) is 9.79 Å². The number of nitrogens with one attached hydrogen (secondary N) is 2. The van der Waals surface area contributed by atoms with Crippen LogP contribution in [0.3, 0.4) is 0 Å². The Morgan fingerprint density at radius 3 is 2.65 bits per heavy atom. The summed E-state index contributed by atoms with van der Waals surface area (Å²) in [7, 11) is 0. The number of fused-ring (bicyclic) bond motifs is 1. The van der Waals surface area contributed by atoms with E-state index in [0.29, 0.717) is 36.7 Å². The number of halogens is 3. The standard InChI is InChI=1S/C20H27FN4OS.C6H4ClF.C2H6/c1-4-9-27-19(5-2)20-23-11-16(17(22)8-6-7-14(3)21)18-10-15(24-13-26)12-25(18)20;7-5-2-1-3-6(8)4-5;1-2/h4-6,8-9,13-15,22H,7,10-12H2,1-3H3,(H,24,26);1-4H;1-2H3/b8-6-,9-4-,19-5?,22-17?;;. The number of benzene rings is 1. The van der Waals surface area contributed by atoms with Crippen LogP contribution in [0.5, 0.6) is 0 Å². The van der Waals surface area contributed by atoms with Crippen LogP contribution in [0, 0.1) is 11.2 Å². The predicted molar refractivity (Wildman–Crippen MR) is 155 cm³/mol. The Hall–Kier alpha value is -2.71. The molecule has 1 aromatic rings. The van der Waals surface area contributed by atoms with Gasteiger partial charge in [-0.05, 0) is 56.9 Å². The van der Waals surface area contributed by atoms with Gasteiger partial charge in [0.25, 0.3) is 0 Å². The van der Waals surface area contributed by atoms with Crippen LogP contribution in [0.15, 0.2) is 75.1 Å². The highest BCUT2D eigenvalue weighted by atomic mass is 35.5. The summed E-state index contributed by atoms with van der Waals surface area (Å²) in [6.45, 7) is 10.5. The van der Waals surface area contributed by atoms with Gasteiger partial charge in [0.1, 0.15) is 17.8 Å². The zero-order valence-corrected chi connectivity index (χ0v) is 23.7. The molecule has 0 spiro atoms. The fraction of sp³-hybridized carbons (Fsp3) is 0.393. The second-order valence-electron chi connectivity index (χ2n) is 7.87. The van der Waals surface area contributed by atoms with Crippen molar-refractivity contribution in [3.05, 3.63) is 81.0 Å². The van der Waals surface area contributed by atoms with Gasteiger partial charge in [-0.1, -0.05) is 61.5 Å². The number of nitrogens with zero attached hydrogens (tertiary/aromatic N) is 2. The summed E-state index contributed by atoms with van der Waals surface area (Å²) in [5.74, 6) is 0.584. The molecule has 2 unspecified atom stereocenters. The van der Waals surface area contributed by atoms with Crippen LogP contribution < -0.4 is 5.32 Å². The van der Waals surface area contributed by atoms with E-state index in [1.807, 2.05) is 45.3 Å². The number of allylic oxidation sites excluding steroid dienone is 4. The average molecular weight is 551 g/mol. The minimum atomic E-state index is -0.923. The molecule has 0 bridgehead atoms. The maximum Gasteiger partial charge on any atom is 0.207 e. The molecule has 202 valence electrons. The molecular weight excluding hydrogens is 514 g/mol. The Labute approximate surface area is 229 Å². The summed E-state index contributed by atoms with van der Waals surface area (Å²) in [4.78, 5) is 18.8. The first-order valence-electron chi connectivity index (χ1n) is 12.3. The van der Waals surface area contributed by atoms with E-state index < -0.39 is 6.17 Å². The lowest BCUT2D eigenvalue weighted by Gasteiger charge is -2.29. The Kier molecular flexibility index (Phi) is 15.5. The monoisotopic (exact) mass is 550 g/mol. The lowest BCUT2D eigenvalue weighted by Crippen LogP contribution is -2.36. The third-order valence-corrected chi connectivity index (χ3v) is 6.45. The molecule has 0 aliphatic carbocycles. The highest BCUT2D eigenvalue weighted by molar-refractivity contribution is 8.06. The largest absolute Gasteiger partial charge is 0.354 e. The number of aliphatic imine (C=N–C) groups is 1. The highest BCUT2D eigenvalue weighted by Crippen LogP contribution is 2.34. The number of rotatable bonds is 9. The van der Waals surface area contributed by atoms with Gasteiger partial charge in [0.2, 0.25) is 6.41 Å². The molecule has 2 aliphatic rings. The van der Waals surface area contributed by atoms with Gasteiger partial charge < -0.3 is 15.6 Å². The van der Waals surface area contributed by atoms with Crippen LogP contribution in [0.2, 0.25) is 5.02 Å². The van der Waals surface area contributed by atoms with Crippen molar-refractivity contribution in [2.45, 2.75) is 59.7 Å². The molecule has 1 aromatic carbocycles. The van der Waals surface area contributed by atoms with Crippen molar-refractivity contribution in [2.75, 3.05) is 13.1 Å². The van der Waals surface area contributed by atoms with Crippen molar-refractivity contribution >= 4 is 41.3 Å². The Morgan fingerprint density at radius 1 is 1.38 bits per heavy atom. The molecule has 9 heteroatoms. The van der Waals surface area contributed by atoms with Crippen molar-refractivity contribution in [1.29, 1.82) is 5.41 Å². The van der Waals surface area contributed by atoms with Gasteiger partial charge in [0.15, 0.2) is 0 Å². The lowest BCUT2D eigenvalue weighted by molar-refractivity contribution is -0.110. The molecule has 1 amide bonds. The zero-order chi connectivity index (χ0) is 27.8. The summed E-state index contributed by atoms with van der Waals surface area (Å²) in [5.41, 5.74) is 2.21. The van der Waals surface area contributed by atoms with E-state index in [4.69, 9.17) is 22.0 Å². The van der Waals surface area contributed by atoms with E-state index in [0.717, 1.165) is 28.4 Å². The SMILES string of the molecule is CC.CC=C(S/C=C\C)C1=NCC(C(=N)/C=C\CC(C)F)=C2CC(NC=O)CN12.Fc1cccc(Cl)c1. The van der Waals surface area contributed by atoms with E-state index in [9.17, 15) is 13.6 Å². The molecule has 2 atom stereocenters. The third kappa shape index (κ3) is 10.7. The number of amidine groups is 1. The number of amides is 1. The number of hydrogen-bond donors (Lipinski definition) is 2. The maximum absolute atomic E-state index is 13.0. The number of carbonyl (C=O) groups excluding carboxylic acids is 1. The summed E-state index contributed by atoms with van der Waals surface area (Å²) in [6.07, 6.45) is 8.11. The Bertz CT molecular complexity index is 1030. The van der Waals surface area contributed by atoms with Crippen molar-refractivity contribution < 1.29 is 13.6 Å². The normalized spacial score (nSPS) is 17.9. The summed E-state index contributed by atoms with van der Waals surface area (Å²) >= 11 is 7.01. The quantitative estimate of drug-likeness (QED) is 0.247. The molecule has 2 heterocycles. The zero-order valence-electron chi connectivity index (χ0n) is 22.1. The number of alkyl halides is 1. The van der Waals surface area contributed by atoms with E-state index >= 15 is 0 Å². The van der Waals surface area contributed by atoms with Crippen molar-refractivity contribution in [3.63, 3.8) is 0 Å². The van der Waals surface area contributed by atoms with Crippen LogP contribution in [-0.2, 0) is 4.79 Å². The molecule has 2 aliphatic heterocycles. The van der Waals surface area contributed by atoms with Crippen LogP contribution in [0.25, 0.3) is 0 Å². The van der Waals surface area contributed by atoms with Gasteiger partial charge in [0, 0.05) is 34.2 Å². The first-order chi connectivity index (χ1) is 17.8. The van der Waals surface area contributed by atoms with Gasteiger partial charge >= 0.3 is 0 Å². The van der Waals surface area contributed by atoms with Crippen molar-refractivity contribution in [1.82, 2.24) is 10.2 Å². The van der Waals surface area contributed by atoms with Crippen LogP contribution in [-0.4, -0.2) is 48.2 Å². The first kappa shape index (κ1) is 32.3. The number of hydrogen-bond acceptors (Lipinski definition) is 5. The predicted octanol–water partition coefficient (Wildman–Crippen LogP) is 7.47. The molecule has 1 fully saturated rings. The molecule has 37 heavy (non-hydrogen) atoms. The second kappa shape index (κ2) is 17.7. The van der Waals surface area contributed by atoms with Crippen LogP contribution in [0.1, 0.15) is 47.5 Å². The molecule has 0 aromatic heterocycles. The number of thioether (sulfide) groups is 1. The second-order valence-corrected chi connectivity index (χ2v) is 9.26.